The fraction of sp³-hybridized carbons (Fsp3) is 0.368. The van der Waals surface area contributed by atoms with Crippen molar-refractivity contribution in [3.8, 4) is 11.5 Å². The number of ether oxygens (including phenoxy) is 2. The first-order valence-electron chi connectivity index (χ1n) is 8.62. The molecule has 1 saturated carbocycles. The van der Waals surface area contributed by atoms with E-state index in [2.05, 4.69) is 5.10 Å². The molecule has 8 heteroatoms. The molecule has 2 fully saturated rings. The summed E-state index contributed by atoms with van der Waals surface area (Å²) in [4.78, 5) is 35.8. The Kier molecular flexibility index (Phi) is 4.18. The van der Waals surface area contributed by atoms with Crippen molar-refractivity contribution >= 4 is 24.0 Å². The Hall–Kier alpha value is -3.16. The molecule has 1 N–H and O–H groups in total. The number of rotatable bonds is 6. The number of imide groups is 1. The first-order chi connectivity index (χ1) is 13.0. The Bertz CT molecular complexity index is 847. The van der Waals surface area contributed by atoms with Gasteiger partial charge in [0.15, 0.2) is 18.1 Å². The summed E-state index contributed by atoms with van der Waals surface area (Å²) < 4.78 is 10.3. The molecule has 2 bridgehead atoms. The molecule has 8 nitrogen and oxygen atoms in total. The number of hydrazone groups is 1. The predicted octanol–water partition coefficient (Wildman–Crippen LogP) is 1.30. The van der Waals surface area contributed by atoms with Gasteiger partial charge in [-0.2, -0.15) is 10.1 Å². The lowest BCUT2D eigenvalue weighted by atomic mass is 9.85. The number of carbonyl (C=O) groups excluding carboxylic acids is 2. The molecule has 3 aliphatic rings. The second-order valence-electron chi connectivity index (χ2n) is 6.83. The van der Waals surface area contributed by atoms with Crippen LogP contribution in [0.4, 0.5) is 0 Å². The normalized spacial score (nSPS) is 28.3. The van der Waals surface area contributed by atoms with Gasteiger partial charge in [-0.25, -0.2) is 4.79 Å². The topological polar surface area (TPSA) is 106 Å². The van der Waals surface area contributed by atoms with E-state index in [-0.39, 0.29) is 41.2 Å². The highest BCUT2D eigenvalue weighted by Gasteiger charge is 2.59. The highest BCUT2D eigenvalue weighted by Crippen LogP contribution is 2.52. The Morgan fingerprint density at radius 2 is 1.89 bits per heavy atom. The number of methoxy groups -OCH3 is 1. The molecule has 2 aliphatic carbocycles. The zero-order chi connectivity index (χ0) is 19.1. The number of nitrogens with zero attached hydrogens (tertiary/aromatic N) is 2. The molecule has 1 heterocycles. The molecule has 0 aromatic heterocycles. The van der Waals surface area contributed by atoms with Gasteiger partial charge in [-0.05, 0) is 42.0 Å². The molecule has 4 rings (SSSR count). The van der Waals surface area contributed by atoms with Crippen molar-refractivity contribution in [3.63, 3.8) is 0 Å². The van der Waals surface area contributed by atoms with Gasteiger partial charge in [-0.1, -0.05) is 12.2 Å². The van der Waals surface area contributed by atoms with Gasteiger partial charge < -0.3 is 14.6 Å². The summed E-state index contributed by atoms with van der Waals surface area (Å²) in [7, 11) is 1.43. The maximum Gasteiger partial charge on any atom is 0.341 e. The molecule has 1 aliphatic heterocycles. The number of aliphatic carboxylic acids is 1. The molecule has 4 unspecified atom stereocenters. The average Bonchev–Trinajstić information content (AvgIpc) is 3.33. The Morgan fingerprint density at radius 1 is 1.22 bits per heavy atom. The van der Waals surface area contributed by atoms with Gasteiger partial charge in [0, 0.05) is 0 Å². The second kappa shape index (κ2) is 6.53. The fourth-order valence-corrected chi connectivity index (χ4v) is 4.15. The van der Waals surface area contributed by atoms with Crippen LogP contribution in [0.3, 0.4) is 0 Å². The van der Waals surface area contributed by atoms with Crippen molar-refractivity contribution in [3.05, 3.63) is 35.9 Å². The number of allylic oxidation sites excluding steroid dienone is 2. The van der Waals surface area contributed by atoms with E-state index in [0.717, 1.165) is 11.4 Å². The minimum Gasteiger partial charge on any atom is -0.493 e. The predicted molar refractivity (Wildman–Crippen MR) is 93.3 cm³/mol. The van der Waals surface area contributed by atoms with Crippen LogP contribution in [0.1, 0.15) is 12.0 Å². The van der Waals surface area contributed by atoms with E-state index in [1.165, 1.54) is 13.3 Å². The maximum absolute atomic E-state index is 12.6. The van der Waals surface area contributed by atoms with Crippen molar-refractivity contribution in [1.29, 1.82) is 0 Å². The molecule has 0 radical (unpaired) electrons. The van der Waals surface area contributed by atoms with E-state index in [1.807, 2.05) is 12.2 Å². The number of carboxylic acid groups (broad SMARTS) is 1. The quantitative estimate of drug-likeness (QED) is 0.460. The van der Waals surface area contributed by atoms with Crippen molar-refractivity contribution < 1.29 is 29.0 Å². The lowest BCUT2D eigenvalue weighted by Gasteiger charge is -2.13. The standard InChI is InChI=1S/C19H18N2O6/c1-26-14-6-10(2-5-13(14)27-9-15(22)23)8-20-21-18(24)16-11-3-4-12(7-11)17(16)19(21)25/h2-6,8,11-12,16-17H,7,9H2,1H3,(H,22,23). The number of hydrogen-bond donors (Lipinski definition) is 1. The first kappa shape index (κ1) is 17.3. The molecule has 1 aromatic rings. The van der Waals surface area contributed by atoms with Crippen LogP contribution < -0.4 is 9.47 Å². The van der Waals surface area contributed by atoms with Gasteiger partial charge in [0.25, 0.3) is 11.8 Å². The lowest BCUT2D eigenvalue weighted by Crippen LogP contribution is -2.28. The highest BCUT2D eigenvalue weighted by atomic mass is 16.5. The van der Waals surface area contributed by atoms with Crippen LogP contribution >= 0.6 is 0 Å². The van der Waals surface area contributed by atoms with Gasteiger partial charge in [0.05, 0.1) is 25.2 Å². The van der Waals surface area contributed by atoms with Gasteiger partial charge in [-0.3, -0.25) is 9.59 Å². The van der Waals surface area contributed by atoms with Crippen molar-refractivity contribution in [2.24, 2.45) is 28.8 Å². The first-order valence-corrected chi connectivity index (χ1v) is 8.62. The lowest BCUT2D eigenvalue weighted by molar-refractivity contribution is -0.141. The largest absolute Gasteiger partial charge is 0.493 e. The molecular formula is C19H18N2O6. The molecule has 27 heavy (non-hydrogen) atoms. The minimum atomic E-state index is -1.09. The summed E-state index contributed by atoms with van der Waals surface area (Å²) in [6.45, 7) is -0.486. The van der Waals surface area contributed by atoms with Crippen LogP contribution in [0, 0.1) is 23.7 Å². The van der Waals surface area contributed by atoms with Crippen molar-refractivity contribution in [2.45, 2.75) is 6.42 Å². The third-order valence-electron chi connectivity index (χ3n) is 5.31. The maximum atomic E-state index is 12.6. The molecule has 1 saturated heterocycles. The number of fused-ring (bicyclic) bond motifs is 5. The van der Waals surface area contributed by atoms with E-state index in [1.54, 1.807) is 18.2 Å². The fourth-order valence-electron chi connectivity index (χ4n) is 4.15. The van der Waals surface area contributed by atoms with Crippen LogP contribution in [-0.2, 0) is 14.4 Å². The molecular weight excluding hydrogens is 352 g/mol. The van der Waals surface area contributed by atoms with Crippen LogP contribution in [-0.4, -0.2) is 47.8 Å². The molecule has 0 spiro atoms. The van der Waals surface area contributed by atoms with Gasteiger partial charge in [0.1, 0.15) is 0 Å². The van der Waals surface area contributed by atoms with Crippen molar-refractivity contribution in [1.82, 2.24) is 5.01 Å². The molecule has 2 amide bonds. The minimum absolute atomic E-state index is 0.141. The van der Waals surface area contributed by atoms with E-state index in [0.29, 0.717) is 11.3 Å². The van der Waals surface area contributed by atoms with E-state index < -0.39 is 12.6 Å². The Morgan fingerprint density at radius 3 is 2.48 bits per heavy atom. The number of benzene rings is 1. The SMILES string of the molecule is COc1cc(C=NN2C(=O)C3C4C=CC(C4)C3C2=O)ccc1OCC(=O)O. The van der Waals surface area contributed by atoms with Gasteiger partial charge >= 0.3 is 5.97 Å². The van der Waals surface area contributed by atoms with Crippen LogP contribution in [0.5, 0.6) is 11.5 Å². The third kappa shape index (κ3) is 2.87. The highest BCUT2D eigenvalue weighted by molar-refractivity contribution is 6.06. The summed E-state index contributed by atoms with van der Waals surface area (Å²) in [6.07, 6.45) is 6.35. The summed E-state index contributed by atoms with van der Waals surface area (Å²) in [5.41, 5.74) is 0.591. The number of carboxylic acids is 1. The molecule has 140 valence electrons. The summed E-state index contributed by atoms with van der Waals surface area (Å²) in [6, 6.07) is 4.79. The number of amides is 2. The van der Waals surface area contributed by atoms with Crippen LogP contribution in [0.2, 0.25) is 0 Å². The Labute approximate surface area is 155 Å². The zero-order valence-electron chi connectivity index (χ0n) is 14.6. The van der Waals surface area contributed by atoms with E-state index in [9.17, 15) is 14.4 Å². The second-order valence-corrected chi connectivity index (χ2v) is 6.83. The van der Waals surface area contributed by atoms with Crippen LogP contribution in [0.25, 0.3) is 0 Å². The number of carbonyl (C=O) groups is 3. The summed E-state index contributed by atoms with van der Waals surface area (Å²) in [5, 5.41) is 13.8. The molecule has 4 atom stereocenters. The van der Waals surface area contributed by atoms with E-state index >= 15 is 0 Å². The van der Waals surface area contributed by atoms with Crippen molar-refractivity contribution in [2.75, 3.05) is 13.7 Å². The van der Waals surface area contributed by atoms with E-state index in [4.69, 9.17) is 14.6 Å². The third-order valence-corrected chi connectivity index (χ3v) is 5.31. The monoisotopic (exact) mass is 370 g/mol. The van der Waals surface area contributed by atoms with Gasteiger partial charge in [-0.15, -0.1) is 0 Å². The average molecular weight is 370 g/mol. The number of hydrogen-bond acceptors (Lipinski definition) is 6. The Balaban J connectivity index is 1.51. The summed E-state index contributed by atoms with van der Waals surface area (Å²) in [5.74, 6) is -1.26. The van der Waals surface area contributed by atoms with Crippen LogP contribution in [0.15, 0.2) is 35.5 Å². The van der Waals surface area contributed by atoms with Gasteiger partial charge in [0.2, 0.25) is 0 Å². The molecule has 1 aromatic carbocycles. The zero-order valence-corrected chi connectivity index (χ0v) is 14.6. The summed E-state index contributed by atoms with van der Waals surface area (Å²) >= 11 is 0. The smallest absolute Gasteiger partial charge is 0.341 e.